The highest BCUT2D eigenvalue weighted by Gasteiger charge is 2.21. The Morgan fingerprint density at radius 1 is 1.28 bits per heavy atom. The largest absolute Gasteiger partial charge is 0.497 e. The molecule has 0 saturated heterocycles. The first-order valence-electron chi connectivity index (χ1n) is 5.82. The third-order valence-corrected chi connectivity index (χ3v) is 2.92. The minimum atomic E-state index is -0.931. The zero-order valence-corrected chi connectivity index (χ0v) is 11.1. The van der Waals surface area contributed by atoms with Crippen LogP contribution in [0.5, 0.6) is 5.75 Å². The zero-order chi connectivity index (χ0) is 13.3. The molecule has 0 bridgehead atoms. The van der Waals surface area contributed by atoms with Gasteiger partial charge in [0.05, 0.1) is 22.8 Å². The van der Waals surface area contributed by atoms with Crippen molar-refractivity contribution in [2.24, 2.45) is 0 Å². The van der Waals surface area contributed by atoms with E-state index in [1.165, 1.54) is 0 Å². The van der Waals surface area contributed by atoms with E-state index in [-0.39, 0.29) is 0 Å². The van der Waals surface area contributed by atoms with Crippen molar-refractivity contribution in [3.05, 3.63) is 30.5 Å². The van der Waals surface area contributed by atoms with Crippen LogP contribution in [0, 0.1) is 0 Å². The van der Waals surface area contributed by atoms with Crippen molar-refractivity contribution in [2.75, 3.05) is 27.7 Å². The van der Waals surface area contributed by atoms with Gasteiger partial charge in [0.25, 0.3) is 0 Å². The van der Waals surface area contributed by atoms with E-state index in [0.717, 1.165) is 16.7 Å². The van der Waals surface area contributed by atoms with Crippen LogP contribution in [-0.4, -0.2) is 52.9 Å². The topological polar surface area (TPSA) is 17.4 Å². The number of benzene rings is 1. The molecule has 4 radical (unpaired) electrons. The van der Waals surface area contributed by atoms with Crippen molar-refractivity contribution in [3.8, 4) is 5.75 Å². The first-order valence-corrected chi connectivity index (χ1v) is 5.82. The predicted molar refractivity (Wildman–Crippen MR) is 76.5 cm³/mol. The van der Waals surface area contributed by atoms with Gasteiger partial charge in [-0.2, -0.15) is 0 Å². The van der Waals surface area contributed by atoms with Gasteiger partial charge in [-0.25, -0.2) is 0 Å². The first-order chi connectivity index (χ1) is 8.44. The summed E-state index contributed by atoms with van der Waals surface area (Å²) < 4.78 is 7.09. The summed E-state index contributed by atoms with van der Waals surface area (Å²) in [6.07, 6.45) is 1.91. The summed E-state index contributed by atoms with van der Waals surface area (Å²) in [6, 6.07) is 7.84. The number of aromatic nitrogens is 1. The molecule has 0 saturated carbocycles. The number of ether oxygens (including phenoxy) is 1. The van der Waals surface area contributed by atoms with Crippen LogP contribution in [-0.2, 0) is 5.34 Å². The molecule has 90 valence electrons. The number of likely N-dealkylation sites (N-methyl/N-ethyl adjacent to an activating group) is 1. The molecule has 2 aromatic rings. The fourth-order valence-corrected chi connectivity index (χ4v) is 2.19. The highest BCUT2D eigenvalue weighted by atomic mass is 16.5. The van der Waals surface area contributed by atoms with Crippen LogP contribution in [0.1, 0.15) is 0 Å². The SMILES string of the molecule is [B]C([B])(CN(C)C)n1ccc2cc(OC)ccc21. The number of rotatable bonds is 4. The molecule has 0 N–H and O–H groups in total. The van der Waals surface area contributed by atoms with E-state index in [2.05, 4.69) is 0 Å². The molecule has 0 atom stereocenters. The summed E-state index contributed by atoms with van der Waals surface area (Å²) in [5.41, 5.74) is 1.00. The van der Waals surface area contributed by atoms with Gasteiger partial charge >= 0.3 is 0 Å². The molecule has 0 aliphatic carbocycles. The molecule has 0 unspecified atom stereocenters. The molecule has 0 aliphatic heterocycles. The minimum absolute atomic E-state index is 0.558. The molecule has 1 aromatic carbocycles. The third-order valence-electron chi connectivity index (χ3n) is 2.92. The quantitative estimate of drug-likeness (QED) is 0.743. The highest BCUT2D eigenvalue weighted by molar-refractivity contribution is 6.38. The Morgan fingerprint density at radius 3 is 2.61 bits per heavy atom. The second kappa shape index (κ2) is 4.73. The Labute approximate surface area is 111 Å². The Kier molecular flexibility index (Phi) is 3.44. The van der Waals surface area contributed by atoms with Gasteiger partial charge in [0, 0.05) is 23.6 Å². The fourth-order valence-electron chi connectivity index (χ4n) is 2.19. The van der Waals surface area contributed by atoms with Crippen molar-refractivity contribution in [1.82, 2.24) is 9.47 Å². The molecule has 0 fully saturated rings. The van der Waals surface area contributed by atoms with Crippen LogP contribution in [0.3, 0.4) is 0 Å². The predicted octanol–water partition coefficient (Wildman–Crippen LogP) is 1.16. The van der Waals surface area contributed by atoms with Gasteiger partial charge in [-0.15, -0.1) is 0 Å². The number of fused-ring (bicyclic) bond motifs is 1. The van der Waals surface area contributed by atoms with Crippen molar-refractivity contribution < 1.29 is 4.74 Å². The maximum Gasteiger partial charge on any atom is 0.119 e. The molecule has 0 spiro atoms. The molecule has 18 heavy (non-hydrogen) atoms. The molecule has 0 aliphatic rings. The van der Waals surface area contributed by atoms with Crippen molar-refractivity contribution in [2.45, 2.75) is 5.34 Å². The lowest BCUT2D eigenvalue weighted by atomic mass is 9.61. The molecule has 0 amide bonds. The lowest BCUT2D eigenvalue weighted by Crippen LogP contribution is -2.43. The average Bonchev–Trinajstić information content (AvgIpc) is 2.70. The fraction of sp³-hybridized carbons (Fsp3) is 0.385. The van der Waals surface area contributed by atoms with Crippen LogP contribution in [0.25, 0.3) is 10.9 Å². The van der Waals surface area contributed by atoms with Gasteiger partial charge in [0.2, 0.25) is 0 Å². The average molecular weight is 238 g/mol. The molecule has 5 heteroatoms. The van der Waals surface area contributed by atoms with Crippen LogP contribution < -0.4 is 4.74 Å². The molecular weight excluding hydrogens is 222 g/mol. The van der Waals surface area contributed by atoms with Crippen molar-refractivity contribution in [1.29, 1.82) is 0 Å². The minimum Gasteiger partial charge on any atom is -0.497 e. The van der Waals surface area contributed by atoms with E-state index >= 15 is 0 Å². The van der Waals surface area contributed by atoms with Crippen LogP contribution in [0.2, 0.25) is 0 Å². The van der Waals surface area contributed by atoms with E-state index in [4.69, 9.17) is 20.4 Å². The lowest BCUT2D eigenvalue weighted by molar-refractivity contribution is 0.354. The number of hydrogen-bond donors (Lipinski definition) is 0. The number of hydrogen-bond acceptors (Lipinski definition) is 2. The van der Waals surface area contributed by atoms with E-state index in [1.54, 1.807) is 7.11 Å². The number of nitrogens with zero attached hydrogens (tertiary/aromatic N) is 2. The number of methoxy groups -OCH3 is 1. The summed E-state index contributed by atoms with van der Waals surface area (Å²) in [5.74, 6) is 0.826. The van der Waals surface area contributed by atoms with E-state index in [1.807, 2.05) is 54.0 Å². The summed E-state index contributed by atoms with van der Waals surface area (Å²) in [4.78, 5) is 1.97. The second-order valence-corrected chi connectivity index (χ2v) is 4.84. The van der Waals surface area contributed by atoms with E-state index in [9.17, 15) is 0 Å². The monoisotopic (exact) mass is 238 g/mol. The smallest absolute Gasteiger partial charge is 0.119 e. The van der Waals surface area contributed by atoms with Gasteiger partial charge in [0.1, 0.15) is 5.75 Å². The zero-order valence-electron chi connectivity index (χ0n) is 11.1. The summed E-state index contributed by atoms with van der Waals surface area (Å²) in [5, 5.41) is 0.133. The van der Waals surface area contributed by atoms with Gasteiger partial charge in [0.15, 0.2) is 0 Å². The molecular formula is C13H16B2N2O. The standard InChI is InChI=1S/C13H16B2N2O/c1-16(2)9-13(14,15)17-7-6-10-8-11(18-3)4-5-12(10)17/h4-8H,9H2,1-3H3. The van der Waals surface area contributed by atoms with E-state index in [0.29, 0.717) is 6.54 Å². The molecule has 2 rings (SSSR count). The molecule has 1 heterocycles. The Bertz CT molecular complexity index is 549. The lowest BCUT2D eigenvalue weighted by Gasteiger charge is -2.32. The van der Waals surface area contributed by atoms with Crippen LogP contribution in [0.4, 0.5) is 0 Å². The van der Waals surface area contributed by atoms with Crippen LogP contribution >= 0.6 is 0 Å². The highest BCUT2D eigenvalue weighted by Crippen LogP contribution is 2.25. The molecule has 3 nitrogen and oxygen atoms in total. The van der Waals surface area contributed by atoms with Crippen molar-refractivity contribution >= 4 is 26.6 Å². The third kappa shape index (κ3) is 2.41. The summed E-state index contributed by atoms with van der Waals surface area (Å²) in [7, 11) is 17.9. The van der Waals surface area contributed by atoms with Crippen molar-refractivity contribution in [3.63, 3.8) is 0 Å². The second-order valence-electron chi connectivity index (χ2n) is 4.84. The van der Waals surface area contributed by atoms with Gasteiger partial charge in [-0.05, 0) is 43.7 Å². The van der Waals surface area contributed by atoms with Gasteiger partial charge < -0.3 is 14.2 Å². The maximum absolute atomic E-state index is 6.19. The van der Waals surface area contributed by atoms with E-state index < -0.39 is 5.34 Å². The Hall–Kier alpha value is -1.35. The van der Waals surface area contributed by atoms with Crippen LogP contribution in [0.15, 0.2) is 30.5 Å². The Morgan fingerprint density at radius 2 is 2.00 bits per heavy atom. The Balaban J connectivity index is 2.46. The normalized spacial score (nSPS) is 12.2. The maximum atomic E-state index is 6.19. The first kappa shape index (κ1) is 13.1. The summed E-state index contributed by atoms with van der Waals surface area (Å²) in [6.45, 7) is 0.558. The van der Waals surface area contributed by atoms with Gasteiger partial charge in [-0.1, -0.05) is 0 Å². The summed E-state index contributed by atoms with van der Waals surface area (Å²) >= 11 is 0. The molecule has 1 aromatic heterocycles. The van der Waals surface area contributed by atoms with Gasteiger partial charge in [-0.3, -0.25) is 0 Å².